The Labute approximate surface area is 144 Å². The smallest absolute Gasteiger partial charge is 0.244 e. The van der Waals surface area contributed by atoms with E-state index in [9.17, 15) is 4.79 Å². The van der Waals surface area contributed by atoms with Crippen molar-refractivity contribution < 1.29 is 4.79 Å². The number of likely N-dealkylation sites (tertiary alicyclic amines) is 1. The molecule has 1 aromatic heterocycles. The Morgan fingerprint density at radius 2 is 2.08 bits per heavy atom. The summed E-state index contributed by atoms with van der Waals surface area (Å²) in [5, 5.41) is 6.50. The van der Waals surface area contributed by atoms with Crippen LogP contribution in [-0.2, 0) is 11.3 Å². The van der Waals surface area contributed by atoms with Gasteiger partial charge in [0.25, 0.3) is 0 Å². The molecule has 2 heterocycles. The quantitative estimate of drug-likeness (QED) is 0.425. The van der Waals surface area contributed by atoms with Crippen LogP contribution in [0.15, 0.2) is 17.4 Å². The number of aromatic nitrogens is 2. The number of aliphatic imine (C=N–C) groups is 1. The first-order valence-electron chi connectivity index (χ1n) is 8.98. The van der Waals surface area contributed by atoms with Gasteiger partial charge in [-0.05, 0) is 39.5 Å². The first-order chi connectivity index (χ1) is 11.7. The van der Waals surface area contributed by atoms with E-state index in [-0.39, 0.29) is 12.5 Å². The molecule has 0 saturated carbocycles. The van der Waals surface area contributed by atoms with Crippen molar-refractivity contribution in [1.82, 2.24) is 25.1 Å². The first kappa shape index (κ1) is 18.3. The van der Waals surface area contributed by atoms with E-state index >= 15 is 0 Å². The van der Waals surface area contributed by atoms with Crippen LogP contribution in [0, 0.1) is 6.92 Å². The molecule has 7 heteroatoms. The summed E-state index contributed by atoms with van der Waals surface area (Å²) in [6, 6.07) is 0. The largest absolute Gasteiger partial charge is 0.357 e. The van der Waals surface area contributed by atoms with Crippen LogP contribution in [0.4, 0.5) is 0 Å². The Bertz CT molecular complexity index is 533. The number of aryl methyl sites for hydroxylation is 2. The van der Waals surface area contributed by atoms with E-state index in [4.69, 9.17) is 0 Å². The van der Waals surface area contributed by atoms with Crippen LogP contribution in [0.5, 0.6) is 0 Å². The fourth-order valence-corrected chi connectivity index (χ4v) is 2.81. The minimum atomic E-state index is 0.125. The monoisotopic (exact) mass is 334 g/mol. The topological polar surface area (TPSA) is 74.6 Å². The SMILES string of the molecule is CCNC(=NCC(=O)N1CCCC1)NCCCCn1ccnc1C. The van der Waals surface area contributed by atoms with Crippen LogP contribution < -0.4 is 10.6 Å². The maximum atomic E-state index is 12.0. The number of carbonyl (C=O) groups excluding carboxylic acids is 1. The molecule has 0 bridgehead atoms. The molecule has 0 spiro atoms. The predicted octanol–water partition coefficient (Wildman–Crippen LogP) is 1.15. The molecule has 0 atom stereocenters. The second-order valence-corrected chi connectivity index (χ2v) is 6.08. The number of hydrogen-bond acceptors (Lipinski definition) is 3. The zero-order valence-corrected chi connectivity index (χ0v) is 14.9. The van der Waals surface area contributed by atoms with Gasteiger partial charge in [-0.3, -0.25) is 4.79 Å². The second-order valence-electron chi connectivity index (χ2n) is 6.08. The van der Waals surface area contributed by atoms with E-state index in [2.05, 4.69) is 25.2 Å². The lowest BCUT2D eigenvalue weighted by Crippen LogP contribution is -2.39. The van der Waals surface area contributed by atoms with Crippen molar-refractivity contribution in [2.24, 2.45) is 4.99 Å². The van der Waals surface area contributed by atoms with Crippen molar-refractivity contribution in [3.63, 3.8) is 0 Å². The van der Waals surface area contributed by atoms with E-state index in [1.165, 1.54) is 0 Å². The van der Waals surface area contributed by atoms with Crippen molar-refractivity contribution >= 4 is 11.9 Å². The summed E-state index contributed by atoms with van der Waals surface area (Å²) in [6.45, 7) is 8.65. The normalized spacial score (nSPS) is 14.9. The summed E-state index contributed by atoms with van der Waals surface area (Å²) in [6.07, 6.45) is 8.20. The highest BCUT2D eigenvalue weighted by Crippen LogP contribution is 2.07. The van der Waals surface area contributed by atoms with Crippen LogP contribution in [0.2, 0.25) is 0 Å². The molecule has 1 aliphatic heterocycles. The fourth-order valence-electron chi connectivity index (χ4n) is 2.81. The zero-order chi connectivity index (χ0) is 17.2. The fraction of sp³-hybridized carbons (Fsp3) is 0.706. The number of carbonyl (C=O) groups is 1. The molecule has 134 valence electrons. The number of nitrogens with one attached hydrogen (secondary N) is 2. The maximum absolute atomic E-state index is 12.0. The number of nitrogens with zero attached hydrogens (tertiary/aromatic N) is 4. The highest BCUT2D eigenvalue weighted by Gasteiger charge is 2.17. The molecule has 0 radical (unpaired) electrons. The number of guanidine groups is 1. The number of rotatable bonds is 8. The molecule has 24 heavy (non-hydrogen) atoms. The molecule has 1 aromatic rings. The standard InChI is InChI=1S/C17H30N6O/c1-3-18-17(21-14-16(24)23-11-6-7-12-23)20-8-4-5-10-22-13-9-19-15(22)2/h9,13H,3-8,10-12,14H2,1-2H3,(H2,18,20,21). The van der Waals surface area contributed by atoms with E-state index in [0.29, 0.717) is 0 Å². The molecule has 1 fully saturated rings. The Kier molecular flexibility index (Phi) is 7.58. The van der Waals surface area contributed by atoms with Crippen molar-refractivity contribution in [2.45, 2.75) is 46.1 Å². The van der Waals surface area contributed by atoms with Crippen LogP contribution >= 0.6 is 0 Å². The Hall–Kier alpha value is -2.05. The summed E-state index contributed by atoms with van der Waals surface area (Å²) in [4.78, 5) is 22.6. The Morgan fingerprint density at radius 3 is 2.75 bits per heavy atom. The second kappa shape index (κ2) is 9.95. The van der Waals surface area contributed by atoms with Gasteiger partial charge in [-0.2, -0.15) is 0 Å². The lowest BCUT2D eigenvalue weighted by Gasteiger charge is -2.15. The minimum Gasteiger partial charge on any atom is -0.357 e. The highest BCUT2D eigenvalue weighted by molar-refractivity contribution is 5.85. The molecule has 0 aliphatic carbocycles. The van der Waals surface area contributed by atoms with Crippen molar-refractivity contribution in [1.29, 1.82) is 0 Å². The number of amides is 1. The first-order valence-corrected chi connectivity index (χ1v) is 8.98. The third-order valence-electron chi connectivity index (χ3n) is 4.22. The molecular formula is C17H30N6O. The van der Waals surface area contributed by atoms with Gasteiger partial charge in [-0.1, -0.05) is 0 Å². The van der Waals surface area contributed by atoms with Gasteiger partial charge in [0, 0.05) is 45.1 Å². The van der Waals surface area contributed by atoms with Gasteiger partial charge in [0.15, 0.2) is 5.96 Å². The van der Waals surface area contributed by atoms with Crippen molar-refractivity contribution in [3.8, 4) is 0 Å². The molecule has 2 N–H and O–H groups in total. The average Bonchev–Trinajstić information content (AvgIpc) is 3.24. The average molecular weight is 334 g/mol. The summed E-state index contributed by atoms with van der Waals surface area (Å²) >= 11 is 0. The Morgan fingerprint density at radius 1 is 1.29 bits per heavy atom. The van der Waals surface area contributed by atoms with E-state index < -0.39 is 0 Å². The summed E-state index contributed by atoms with van der Waals surface area (Å²) in [5.74, 6) is 1.91. The molecule has 0 unspecified atom stereocenters. The molecule has 1 aliphatic rings. The molecule has 7 nitrogen and oxygen atoms in total. The minimum absolute atomic E-state index is 0.125. The lowest BCUT2D eigenvalue weighted by atomic mass is 10.3. The van der Waals surface area contributed by atoms with Crippen LogP contribution in [0.1, 0.15) is 38.4 Å². The molecular weight excluding hydrogens is 304 g/mol. The lowest BCUT2D eigenvalue weighted by molar-refractivity contribution is -0.128. The van der Waals surface area contributed by atoms with Gasteiger partial charge in [-0.25, -0.2) is 9.98 Å². The number of hydrogen-bond donors (Lipinski definition) is 2. The van der Waals surface area contributed by atoms with E-state index in [1.54, 1.807) is 0 Å². The van der Waals surface area contributed by atoms with E-state index in [0.717, 1.165) is 70.2 Å². The summed E-state index contributed by atoms with van der Waals surface area (Å²) in [7, 11) is 0. The zero-order valence-electron chi connectivity index (χ0n) is 14.9. The van der Waals surface area contributed by atoms with Gasteiger partial charge in [-0.15, -0.1) is 0 Å². The molecule has 0 aromatic carbocycles. The van der Waals surface area contributed by atoms with Crippen molar-refractivity contribution in [2.75, 3.05) is 32.7 Å². The highest BCUT2D eigenvalue weighted by atomic mass is 16.2. The number of unbranched alkanes of at least 4 members (excludes halogenated alkanes) is 1. The molecule has 1 amide bonds. The maximum Gasteiger partial charge on any atom is 0.244 e. The third-order valence-corrected chi connectivity index (χ3v) is 4.22. The van der Waals surface area contributed by atoms with Gasteiger partial charge in [0.1, 0.15) is 12.4 Å². The predicted molar refractivity (Wildman–Crippen MR) is 96.0 cm³/mol. The van der Waals surface area contributed by atoms with Crippen molar-refractivity contribution in [3.05, 3.63) is 18.2 Å². The van der Waals surface area contributed by atoms with Crippen LogP contribution in [-0.4, -0.2) is 59.0 Å². The summed E-state index contributed by atoms with van der Waals surface area (Å²) < 4.78 is 2.16. The van der Waals surface area contributed by atoms with E-state index in [1.807, 2.05) is 31.1 Å². The number of imidazole rings is 1. The molecule has 2 rings (SSSR count). The van der Waals surface area contributed by atoms with Gasteiger partial charge in [0.05, 0.1) is 0 Å². The summed E-state index contributed by atoms with van der Waals surface area (Å²) in [5.41, 5.74) is 0. The van der Waals surface area contributed by atoms with Gasteiger partial charge in [0.2, 0.25) is 5.91 Å². The van der Waals surface area contributed by atoms with Gasteiger partial charge >= 0.3 is 0 Å². The van der Waals surface area contributed by atoms with Crippen LogP contribution in [0.3, 0.4) is 0 Å². The molecule has 1 saturated heterocycles. The van der Waals surface area contributed by atoms with Crippen LogP contribution in [0.25, 0.3) is 0 Å². The third kappa shape index (κ3) is 5.86. The van der Waals surface area contributed by atoms with Gasteiger partial charge < -0.3 is 20.1 Å². The Balaban J connectivity index is 1.67.